The molecule has 0 N–H and O–H groups in total. The van der Waals surface area contributed by atoms with Gasteiger partial charge in [0, 0.05) is 63.0 Å². The van der Waals surface area contributed by atoms with Crippen LogP contribution in [0.4, 0.5) is 11.5 Å². The van der Waals surface area contributed by atoms with E-state index in [-0.39, 0.29) is 0 Å². The smallest absolute Gasteiger partial charge is 0.153 e. The maximum Gasteiger partial charge on any atom is 0.153 e. The van der Waals surface area contributed by atoms with E-state index in [1.54, 1.807) is 0 Å². The zero-order valence-corrected chi connectivity index (χ0v) is 16.7. The van der Waals surface area contributed by atoms with E-state index < -0.39 is 0 Å². The normalized spacial score (nSPS) is 19.7. The molecule has 29 heavy (non-hydrogen) atoms. The summed E-state index contributed by atoms with van der Waals surface area (Å²) in [4.78, 5) is 13.8. The number of anilines is 2. The zero-order valence-electron chi connectivity index (χ0n) is 16.7. The Hall–Kier alpha value is -2.96. The van der Waals surface area contributed by atoms with E-state index in [1.165, 1.54) is 24.1 Å². The Bertz CT molecular complexity index is 933. The third-order valence-electron chi connectivity index (χ3n) is 6.03. The summed E-state index contributed by atoms with van der Waals surface area (Å²) < 4.78 is 2.26. The van der Waals surface area contributed by atoms with Crippen molar-refractivity contribution in [2.45, 2.75) is 38.1 Å². The molecule has 2 aliphatic rings. The van der Waals surface area contributed by atoms with E-state index in [4.69, 9.17) is 4.98 Å². The van der Waals surface area contributed by atoms with Gasteiger partial charge in [-0.25, -0.2) is 4.98 Å². The predicted octanol–water partition coefficient (Wildman–Crippen LogP) is 3.10. The fourth-order valence-electron chi connectivity index (χ4n) is 4.55. The van der Waals surface area contributed by atoms with Crippen molar-refractivity contribution in [3.8, 4) is 0 Å². The lowest BCUT2D eigenvalue weighted by Gasteiger charge is -2.33. The molecule has 5 heterocycles. The van der Waals surface area contributed by atoms with Gasteiger partial charge in [-0.15, -0.1) is 5.10 Å². The fourth-order valence-corrected chi connectivity index (χ4v) is 4.55. The van der Waals surface area contributed by atoms with Gasteiger partial charge in [0.25, 0.3) is 0 Å². The SMILES string of the molecule is c1cncc(Cn2ccnc2C2CCCN(c3cc(N4CCCC4)cnn3)C2)c1. The molecule has 0 spiro atoms. The molecule has 0 radical (unpaired) electrons. The maximum atomic E-state index is 4.72. The van der Waals surface area contributed by atoms with E-state index in [0.717, 1.165) is 57.2 Å². The molecule has 3 aromatic heterocycles. The van der Waals surface area contributed by atoms with Crippen LogP contribution in [0.15, 0.2) is 49.2 Å². The summed E-state index contributed by atoms with van der Waals surface area (Å²) in [6.07, 6.45) is 14.5. The lowest BCUT2D eigenvalue weighted by Crippen LogP contribution is -2.36. The van der Waals surface area contributed by atoms with Gasteiger partial charge in [-0.1, -0.05) is 6.07 Å². The predicted molar refractivity (Wildman–Crippen MR) is 113 cm³/mol. The van der Waals surface area contributed by atoms with Gasteiger partial charge in [0.05, 0.1) is 18.4 Å². The summed E-state index contributed by atoms with van der Waals surface area (Å²) in [5, 5.41) is 8.76. The lowest BCUT2D eigenvalue weighted by atomic mass is 9.97. The summed E-state index contributed by atoms with van der Waals surface area (Å²) in [5.41, 5.74) is 2.40. The van der Waals surface area contributed by atoms with Crippen LogP contribution in [0.25, 0.3) is 0 Å². The van der Waals surface area contributed by atoms with E-state index in [2.05, 4.69) is 47.9 Å². The third-order valence-corrected chi connectivity index (χ3v) is 6.03. The zero-order chi connectivity index (χ0) is 19.5. The van der Waals surface area contributed by atoms with Crippen molar-refractivity contribution in [3.05, 3.63) is 60.6 Å². The topological polar surface area (TPSA) is 63.0 Å². The fraction of sp³-hybridized carbons (Fsp3) is 0.455. The van der Waals surface area contributed by atoms with Crippen LogP contribution in [0, 0.1) is 0 Å². The van der Waals surface area contributed by atoms with Crippen LogP contribution in [0.1, 0.15) is 43.0 Å². The number of nitrogens with zero attached hydrogens (tertiary/aromatic N) is 7. The second-order valence-electron chi connectivity index (χ2n) is 8.03. The first-order valence-electron chi connectivity index (χ1n) is 10.6. The molecule has 0 amide bonds. The Balaban J connectivity index is 1.33. The minimum Gasteiger partial charge on any atom is -0.370 e. The highest BCUT2D eigenvalue weighted by Crippen LogP contribution is 2.30. The first kappa shape index (κ1) is 18.1. The molecule has 3 aromatic rings. The third kappa shape index (κ3) is 3.95. The number of hydrogen-bond acceptors (Lipinski definition) is 6. The van der Waals surface area contributed by atoms with Crippen molar-refractivity contribution in [2.75, 3.05) is 36.0 Å². The van der Waals surface area contributed by atoms with E-state index in [9.17, 15) is 0 Å². The van der Waals surface area contributed by atoms with Crippen LogP contribution >= 0.6 is 0 Å². The molecule has 5 rings (SSSR count). The molecule has 150 valence electrons. The van der Waals surface area contributed by atoms with Crippen molar-refractivity contribution >= 4 is 11.5 Å². The molecule has 0 aliphatic carbocycles. The van der Waals surface area contributed by atoms with Crippen LogP contribution in [0.3, 0.4) is 0 Å². The average Bonchev–Trinajstić information content (AvgIpc) is 3.47. The van der Waals surface area contributed by atoms with Gasteiger partial charge in [-0.05, 0) is 37.3 Å². The van der Waals surface area contributed by atoms with Gasteiger partial charge < -0.3 is 14.4 Å². The molecule has 2 aliphatic heterocycles. The second kappa shape index (κ2) is 8.19. The highest BCUT2D eigenvalue weighted by Gasteiger charge is 2.26. The number of hydrogen-bond donors (Lipinski definition) is 0. The van der Waals surface area contributed by atoms with Crippen LogP contribution in [0.2, 0.25) is 0 Å². The summed E-state index contributed by atoms with van der Waals surface area (Å²) in [7, 11) is 0. The van der Waals surface area contributed by atoms with Crippen molar-refractivity contribution in [1.82, 2.24) is 24.7 Å². The summed E-state index contributed by atoms with van der Waals surface area (Å²) in [6.45, 7) is 5.02. The molecule has 7 nitrogen and oxygen atoms in total. The van der Waals surface area contributed by atoms with Gasteiger partial charge in [0.15, 0.2) is 5.82 Å². The van der Waals surface area contributed by atoms with Gasteiger partial charge in [-0.3, -0.25) is 4.98 Å². The first-order valence-corrected chi connectivity index (χ1v) is 10.6. The summed E-state index contributed by atoms with van der Waals surface area (Å²) in [6, 6.07) is 6.31. The van der Waals surface area contributed by atoms with Crippen molar-refractivity contribution < 1.29 is 0 Å². The molecular formula is C22H27N7. The lowest BCUT2D eigenvalue weighted by molar-refractivity contribution is 0.473. The van der Waals surface area contributed by atoms with Crippen LogP contribution in [-0.2, 0) is 6.54 Å². The molecule has 0 aromatic carbocycles. The highest BCUT2D eigenvalue weighted by molar-refractivity contribution is 5.54. The van der Waals surface area contributed by atoms with Crippen LogP contribution in [-0.4, -0.2) is 50.9 Å². The molecular weight excluding hydrogens is 362 g/mol. The van der Waals surface area contributed by atoms with Gasteiger partial charge >= 0.3 is 0 Å². The van der Waals surface area contributed by atoms with Gasteiger partial charge in [0.1, 0.15) is 5.82 Å². The first-order chi connectivity index (χ1) is 14.4. The Kier molecular flexibility index (Phi) is 5.11. The number of imidazole rings is 1. The summed E-state index contributed by atoms with van der Waals surface area (Å²) >= 11 is 0. The second-order valence-corrected chi connectivity index (χ2v) is 8.03. The number of piperidine rings is 1. The van der Waals surface area contributed by atoms with Crippen LogP contribution in [0.5, 0.6) is 0 Å². The van der Waals surface area contributed by atoms with Crippen molar-refractivity contribution in [1.29, 1.82) is 0 Å². The Morgan fingerprint density at radius 1 is 1.00 bits per heavy atom. The molecule has 7 heteroatoms. The van der Waals surface area contributed by atoms with E-state index in [1.807, 2.05) is 30.9 Å². The monoisotopic (exact) mass is 389 g/mol. The summed E-state index contributed by atoms with van der Waals surface area (Å²) in [5.74, 6) is 2.54. The molecule has 2 fully saturated rings. The standard InChI is InChI=1S/C22H27N7/c1-2-10-27(9-1)20-13-21(26-25-15-20)28-11-4-6-19(17-28)22-24-8-12-29(22)16-18-5-3-7-23-14-18/h3,5,7-8,12-15,19H,1-2,4,6,9-11,16-17H2. The van der Waals surface area contributed by atoms with E-state index >= 15 is 0 Å². The van der Waals surface area contributed by atoms with Crippen molar-refractivity contribution in [3.63, 3.8) is 0 Å². The van der Waals surface area contributed by atoms with E-state index in [0.29, 0.717) is 5.92 Å². The van der Waals surface area contributed by atoms with Gasteiger partial charge in [-0.2, -0.15) is 5.10 Å². The van der Waals surface area contributed by atoms with Crippen molar-refractivity contribution in [2.24, 2.45) is 0 Å². The number of pyridine rings is 1. The molecule has 0 bridgehead atoms. The van der Waals surface area contributed by atoms with Crippen LogP contribution < -0.4 is 9.80 Å². The minimum atomic E-state index is 0.396. The minimum absolute atomic E-state index is 0.396. The highest BCUT2D eigenvalue weighted by atomic mass is 15.3. The maximum absolute atomic E-state index is 4.72. The molecule has 0 saturated carbocycles. The molecule has 1 unspecified atom stereocenters. The van der Waals surface area contributed by atoms with Gasteiger partial charge in [0.2, 0.25) is 0 Å². The molecule has 2 saturated heterocycles. The number of aromatic nitrogens is 5. The number of rotatable bonds is 5. The Morgan fingerprint density at radius 3 is 2.76 bits per heavy atom. The largest absolute Gasteiger partial charge is 0.370 e. The Labute approximate surface area is 171 Å². The Morgan fingerprint density at radius 2 is 1.90 bits per heavy atom. The quantitative estimate of drug-likeness (QED) is 0.668. The molecule has 1 atom stereocenters. The average molecular weight is 390 g/mol.